The van der Waals surface area contributed by atoms with Gasteiger partial charge in [-0.2, -0.15) is 17.5 Å². The predicted molar refractivity (Wildman–Crippen MR) is 121 cm³/mol. The van der Waals surface area contributed by atoms with Crippen LogP contribution in [0.1, 0.15) is 17.8 Å². The summed E-state index contributed by atoms with van der Waals surface area (Å²) in [5.41, 5.74) is 0.650. The van der Waals surface area contributed by atoms with Crippen LogP contribution in [0, 0.1) is 5.82 Å². The van der Waals surface area contributed by atoms with Gasteiger partial charge in [0.15, 0.2) is 0 Å². The number of nitrogens with zero attached hydrogens (tertiary/aromatic N) is 4. The molecule has 0 radical (unpaired) electrons. The number of halogens is 6. The van der Waals surface area contributed by atoms with Crippen LogP contribution in [-0.4, -0.2) is 52.3 Å². The Bertz CT molecular complexity index is 1410. The Morgan fingerprint density at radius 2 is 1.78 bits per heavy atom. The Balaban J connectivity index is 1.50. The monoisotopic (exact) mass is 561 g/mol. The lowest BCUT2D eigenvalue weighted by Crippen LogP contribution is -2.45. The lowest BCUT2D eigenvalue weighted by atomic mass is 10.1. The Kier molecular flexibility index (Phi) is 7.44. The van der Waals surface area contributed by atoms with Gasteiger partial charge in [0.05, 0.1) is 10.6 Å². The van der Waals surface area contributed by atoms with E-state index in [1.54, 1.807) is 0 Å². The molecule has 196 valence electrons. The molecule has 0 bridgehead atoms. The first-order valence-electron chi connectivity index (χ1n) is 10.6. The van der Waals surface area contributed by atoms with Crippen molar-refractivity contribution in [3.05, 3.63) is 71.2 Å². The minimum atomic E-state index is -4.72. The zero-order chi connectivity index (χ0) is 27.0. The van der Waals surface area contributed by atoms with Crippen molar-refractivity contribution in [1.82, 2.24) is 24.6 Å². The molecule has 2 aromatic heterocycles. The summed E-state index contributed by atoms with van der Waals surface area (Å²) in [6, 6.07) is 5.39. The third kappa shape index (κ3) is 6.02. The highest BCUT2D eigenvalue weighted by Crippen LogP contribution is 2.29. The van der Waals surface area contributed by atoms with E-state index >= 15 is 0 Å². The molecule has 2 atom stereocenters. The molecule has 1 aromatic carbocycles. The fraction of sp³-hybridized carbons (Fsp3) is 0.273. The molecule has 1 aliphatic rings. The summed E-state index contributed by atoms with van der Waals surface area (Å²) >= 11 is 6.02. The average molecular weight is 562 g/mol. The van der Waals surface area contributed by atoms with E-state index in [0.717, 1.165) is 41.0 Å². The number of alkyl halides is 4. The third-order valence-electron chi connectivity index (χ3n) is 5.45. The number of hydrogen-bond acceptors (Lipinski definition) is 6. The van der Waals surface area contributed by atoms with Crippen LogP contribution in [0.3, 0.4) is 0 Å². The number of amides is 1. The van der Waals surface area contributed by atoms with Gasteiger partial charge in [0, 0.05) is 37.5 Å². The van der Waals surface area contributed by atoms with Crippen molar-refractivity contribution in [1.29, 1.82) is 0 Å². The van der Waals surface area contributed by atoms with Crippen LogP contribution in [0.5, 0.6) is 0 Å². The number of sulfonamides is 1. The average Bonchev–Trinajstić information content (AvgIpc) is 3.25. The van der Waals surface area contributed by atoms with Gasteiger partial charge in [-0.1, -0.05) is 11.6 Å². The van der Waals surface area contributed by atoms with Gasteiger partial charge in [-0.15, -0.1) is 0 Å². The smallest absolute Gasteiger partial charge is 0.351 e. The SMILES string of the molecule is O=C(NCc1cc(Cl)nc(-c2cnc(C(F)(F)F)nc2)c1)[C@@H]1C[C@@H](F)CN1S(=O)(=O)c1ccc(F)cc1. The lowest BCUT2D eigenvalue weighted by molar-refractivity contribution is -0.145. The van der Waals surface area contributed by atoms with Crippen LogP contribution >= 0.6 is 11.6 Å². The minimum absolute atomic E-state index is 0.0353. The molecule has 1 aliphatic heterocycles. The predicted octanol–water partition coefficient (Wildman–Crippen LogP) is 3.77. The molecule has 4 rings (SSSR count). The quantitative estimate of drug-likeness (QED) is 0.363. The van der Waals surface area contributed by atoms with E-state index in [4.69, 9.17) is 11.6 Å². The largest absolute Gasteiger partial charge is 0.451 e. The highest BCUT2D eigenvalue weighted by atomic mass is 35.5. The van der Waals surface area contributed by atoms with Crippen LogP contribution in [0.2, 0.25) is 5.15 Å². The van der Waals surface area contributed by atoms with Gasteiger partial charge < -0.3 is 5.32 Å². The molecule has 15 heteroatoms. The van der Waals surface area contributed by atoms with Crippen molar-refractivity contribution in [2.45, 2.75) is 36.3 Å². The van der Waals surface area contributed by atoms with Gasteiger partial charge in [0.2, 0.25) is 21.8 Å². The van der Waals surface area contributed by atoms with E-state index in [1.807, 2.05) is 0 Å². The topological polar surface area (TPSA) is 105 Å². The summed E-state index contributed by atoms with van der Waals surface area (Å²) in [6.07, 6.45) is -4.83. The number of rotatable bonds is 6. The van der Waals surface area contributed by atoms with E-state index in [9.17, 15) is 35.2 Å². The molecule has 1 N–H and O–H groups in total. The van der Waals surface area contributed by atoms with Crippen LogP contribution in [0.15, 0.2) is 53.7 Å². The Hall–Kier alpha value is -3.23. The fourth-order valence-corrected chi connectivity index (χ4v) is 5.57. The first kappa shape index (κ1) is 26.8. The van der Waals surface area contributed by atoms with Gasteiger partial charge in [0.25, 0.3) is 0 Å². The summed E-state index contributed by atoms with van der Waals surface area (Å²) in [5, 5.41) is 2.49. The van der Waals surface area contributed by atoms with Crippen LogP contribution in [0.25, 0.3) is 11.3 Å². The molecule has 0 unspecified atom stereocenters. The number of nitrogens with one attached hydrogen (secondary N) is 1. The zero-order valence-corrected chi connectivity index (χ0v) is 20.2. The molecule has 0 saturated carbocycles. The van der Waals surface area contributed by atoms with Crippen molar-refractivity contribution >= 4 is 27.5 Å². The second-order valence-electron chi connectivity index (χ2n) is 8.07. The maximum atomic E-state index is 14.2. The number of pyridine rings is 1. The molecular weight excluding hydrogens is 545 g/mol. The Morgan fingerprint density at radius 3 is 2.41 bits per heavy atom. The van der Waals surface area contributed by atoms with Crippen molar-refractivity contribution in [2.75, 3.05) is 6.54 Å². The summed E-state index contributed by atoms with van der Waals surface area (Å²) in [4.78, 5) is 23.1. The fourth-order valence-electron chi connectivity index (χ4n) is 3.72. The molecule has 3 aromatic rings. The molecule has 0 aliphatic carbocycles. The number of aromatic nitrogens is 3. The molecule has 37 heavy (non-hydrogen) atoms. The second kappa shape index (κ2) is 10.3. The van der Waals surface area contributed by atoms with Crippen LogP contribution < -0.4 is 5.32 Å². The van der Waals surface area contributed by atoms with Gasteiger partial charge >= 0.3 is 6.18 Å². The van der Waals surface area contributed by atoms with E-state index in [0.29, 0.717) is 5.56 Å². The van der Waals surface area contributed by atoms with Gasteiger partial charge in [-0.25, -0.2) is 32.2 Å². The molecule has 8 nitrogen and oxygen atoms in total. The number of carbonyl (C=O) groups is 1. The summed E-state index contributed by atoms with van der Waals surface area (Å²) in [7, 11) is -4.29. The van der Waals surface area contributed by atoms with Gasteiger partial charge in [0.1, 0.15) is 23.2 Å². The summed E-state index contributed by atoms with van der Waals surface area (Å²) in [5.74, 6) is -2.76. The second-order valence-corrected chi connectivity index (χ2v) is 10.3. The Morgan fingerprint density at radius 1 is 1.14 bits per heavy atom. The van der Waals surface area contributed by atoms with Crippen molar-refractivity contribution in [3.8, 4) is 11.3 Å². The van der Waals surface area contributed by atoms with E-state index in [-0.39, 0.29) is 34.3 Å². The molecule has 1 saturated heterocycles. The van der Waals surface area contributed by atoms with E-state index in [1.165, 1.54) is 12.1 Å². The van der Waals surface area contributed by atoms with E-state index in [2.05, 4.69) is 20.3 Å². The van der Waals surface area contributed by atoms with Crippen molar-refractivity contribution in [2.24, 2.45) is 0 Å². The van der Waals surface area contributed by atoms with Crippen LogP contribution in [-0.2, 0) is 27.5 Å². The van der Waals surface area contributed by atoms with Crippen LogP contribution in [0.4, 0.5) is 22.0 Å². The lowest BCUT2D eigenvalue weighted by Gasteiger charge is -2.23. The van der Waals surface area contributed by atoms with Gasteiger partial charge in [-0.05, 0) is 42.0 Å². The maximum Gasteiger partial charge on any atom is 0.451 e. The Labute approximate surface area is 212 Å². The first-order chi connectivity index (χ1) is 17.3. The number of hydrogen-bond donors (Lipinski definition) is 1. The molecular formula is C22H17ClF5N5O3S. The van der Waals surface area contributed by atoms with E-state index < -0.39 is 52.5 Å². The van der Waals surface area contributed by atoms with Crippen molar-refractivity contribution in [3.63, 3.8) is 0 Å². The molecule has 1 amide bonds. The highest BCUT2D eigenvalue weighted by molar-refractivity contribution is 7.89. The summed E-state index contributed by atoms with van der Waals surface area (Å²) < 4.78 is 92.2. The minimum Gasteiger partial charge on any atom is -0.351 e. The van der Waals surface area contributed by atoms with Crippen molar-refractivity contribution < 1.29 is 35.2 Å². The highest BCUT2D eigenvalue weighted by Gasteiger charge is 2.44. The summed E-state index contributed by atoms with van der Waals surface area (Å²) in [6.45, 7) is -0.718. The normalized spacial score (nSPS) is 18.6. The maximum absolute atomic E-state index is 14.2. The zero-order valence-electron chi connectivity index (χ0n) is 18.6. The number of carbonyl (C=O) groups excluding carboxylic acids is 1. The van der Waals surface area contributed by atoms with Gasteiger partial charge in [-0.3, -0.25) is 4.79 Å². The molecule has 3 heterocycles. The first-order valence-corrected chi connectivity index (χ1v) is 12.4. The molecule has 0 spiro atoms. The standard InChI is InChI=1S/C22H17ClF5N5O3S/c23-19-6-12(5-17(32-19)13-9-30-21(31-10-13)22(26,27)28)8-29-20(34)18-7-15(25)11-33(18)37(35,36)16-3-1-14(24)2-4-16/h1-6,9-10,15,18H,7-8,11H2,(H,29,34)/t15-,18+/m1/s1. The molecule has 1 fully saturated rings. The third-order valence-corrected chi connectivity index (χ3v) is 7.53. The number of benzene rings is 1.